The first-order chi connectivity index (χ1) is 20.4. The third-order valence-corrected chi connectivity index (χ3v) is 8.87. The predicted octanol–water partition coefficient (Wildman–Crippen LogP) is 7.98. The molecule has 2 aliphatic carbocycles. The number of nitro groups is 2. The molecule has 7 aromatic carbocycles. The van der Waals surface area contributed by atoms with Crippen LogP contribution in [0.2, 0.25) is 0 Å². The van der Waals surface area contributed by atoms with Crippen molar-refractivity contribution in [3.8, 4) is 22.3 Å². The first-order valence-electron chi connectivity index (χ1n) is 13.2. The molecule has 0 heterocycles. The zero-order chi connectivity index (χ0) is 28.6. The summed E-state index contributed by atoms with van der Waals surface area (Å²) >= 11 is 0. The van der Waals surface area contributed by atoms with E-state index in [0.717, 1.165) is 0 Å². The molecule has 196 valence electrons. The molecule has 0 saturated heterocycles. The van der Waals surface area contributed by atoms with Crippen LogP contribution in [0.3, 0.4) is 0 Å². The van der Waals surface area contributed by atoms with Crippen LogP contribution in [-0.4, -0.2) is 21.4 Å². The average Bonchev–Trinajstić information content (AvgIpc) is 3.01. The van der Waals surface area contributed by atoms with Crippen molar-refractivity contribution in [2.24, 2.45) is 0 Å². The summed E-state index contributed by atoms with van der Waals surface area (Å²) in [6.07, 6.45) is 0. The molecule has 0 atom stereocenters. The van der Waals surface area contributed by atoms with Gasteiger partial charge in [0.25, 0.3) is 11.4 Å². The highest BCUT2D eigenvalue weighted by Crippen LogP contribution is 2.54. The molecule has 0 amide bonds. The number of non-ortho nitro benzene ring substituents is 2. The highest BCUT2D eigenvalue weighted by Gasteiger charge is 2.36. The van der Waals surface area contributed by atoms with Gasteiger partial charge >= 0.3 is 0 Å². The second kappa shape index (κ2) is 7.38. The van der Waals surface area contributed by atoms with Crippen LogP contribution in [0.4, 0.5) is 11.4 Å². The Bertz CT molecular complexity index is 2340. The van der Waals surface area contributed by atoms with Crippen LogP contribution in [0, 0.1) is 20.2 Å². The first kappa shape index (κ1) is 22.8. The van der Waals surface area contributed by atoms with E-state index in [1.807, 2.05) is 0 Å². The van der Waals surface area contributed by atoms with Crippen LogP contribution in [0.15, 0.2) is 84.9 Å². The van der Waals surface area contributed by atoms with Gasteiger partial charge in [-0.2, -0.15) is 0 Å². The molecule has 0 aromatic heterocycles. The zero-order valence-electron chi connectivity index (χ0n) is 21.4. The Balaban J connectivity index is 1.63. The maximum Gasteiger partial charge on any atom is 0.278 e. The minimum absolute atomic E-state index is 0.0944. The number of nitro benzene ring substituents is 2. The van der Waals surface area contributed by atoms with Crippen molar-refractivity contribution in [1.29, 1.82) is 0 Å². The summed E-state index contributed by atoms with van der Waals surface area (Å²) < 4.78 is 0. The van der Waals surface area contributed by atoms with Crippen molar-refractivity contribution in [1.82, 2.24) is 0 Å². The lowest BCUT2D eigenvalue weighted by atomic mass is 9.76. The third kappa shape index (κ3) is 2.48. The maximum absolute atomic E-state index is 13.7. The van der Waals surface area contributed by atoms with Crippen molar-refractivity contribution in [3.63, 3.8) is 0 Å². The van der Waals surface area contributed by atoms with Gasteiger partial charge in [0, 0.05) is 55.9 Å². The molecule has 0 aliphatic heterocycles. The van der Waals surface area contributed by atoms with E-state index in [1.54, 1.807) is 72.8 Å². The number of fused-ring (bicyclic) bond motifs is 6. The topological polar surface area (TPSA) is 120 Å². The van der Waals surface area contributed by atoms with Crippen LogP contribution in [-0.2, 0) is 0 Å². The number of hydrogen-bond acceptors (Lipinski definition) is 6. The molecule has 42 heavy (non-hydrogen) atoms. The monoisotopic (exact) mass is 546 g/mol. The lowest BCUT2D eigenvalue weighted by Crippen LogP contribution is -2.12. The molecule has 7 aromatic rings. The Morgan fingerprint density at radius 1 is 0.405 bits per heavy atom. The van der Waals surface area contributed by atoms with Crippen molar-refractivity contribution in [3.05, 3.63) is 127 Å². The fourth-order valence-corrected chi connectivity index (χ4v) is 7.27. The molecular formula is C34H14N2O6. The van der Waals surface area contributed by atoms with Gasteiger partial charge in [-0.1, -0.05) is 60.7 Å². The molecular weight excluding hydrogens is 532 g/mol. The van der Waals surface area contributed by atoms with E-state index in [0.29, 0.717) is 76.8 Å². The van der Waals surface area contributed by atoms with Crippen LogP contribution in [0.5, 0.6) is 0 Å². The van der Waals surface area contributed by atoms with Gasteiger partial charge in [0.15, 0.2) is 11.6 Å². The van der Waals surface area contributed by atoms with E-state index in [9.17, 15) is 29.8 Å². The quantitative estimate of drug-likeness (QED) is 0.0938. The van der Waals surface area contributed by atoms with Crippen molar-refractivity contribution < 1.29 is 19.4 Å². The van der Waals surface area contributed by atoms with Gasteiger partial charge in [-0.3, -0.25) is 29.8 Å². The molecule has 0 N–H and O–H groups in total. The van der Waals surface area contributed by atoms with Crippen molar-refractivity contribution in [2.45, 2.75) is 0 Å². The van der Waals surface area contributed by atoms with Crippen LogP contribution >= 0.6 is 0 Å². The van der Waals surface area contributed by atoms with Crippen LogP contribution in [0.1, 0.15) is 31.8 Å². The molecule has 8 heteroatoms. The van der Waals surface area contributed by atoms with E-state index in [2.05, 4.69) is 0 Å². The Labute approximate surface area is 235 Å². The summed E-state index contributed by atoms with van der Waals surface area (Å²) in [6, 6.07) is 23.8. The van der Waals surface area contributed by atoms with Gasteiger partial charge in [0.05, 0.1) is 20.6 Å². The minimum atomic E-state index is -0.522. The Morgan fingerprint density at radius 3 is 1.17 bits per heavy atom. The second-order valence-corrected chi connectivity index (χ2v) is 10.7. The van der Waals surface area contributed by atoms with Gasteiger partial charge in [-0.05, 0) is 45.2 Å². The minimum Gasteiger partial charge on any atom is -0.289 e. The van der Waals surface area contributed by atoms with Crippen LogP contribution < -0.4 is 0 Å². The third-order valence-electron chi connectivity index (χ3n) is 8.87. The van der Waals surface area contributed by atoms with E-state index >= 15 is 0 Å². The predicted molar refractivity (Wildman–Crippen MR) is 159 cm³/mol. The van der Waals surface area contributed by atoms with Gasteiger partial charge in [0.2, 0.25) is 0 Å². The Morgan fingerprint density at radius 2 is 0.786 bits per heavy atom. The number of carbonyl (C=O) groups excluding carboxylic acids is 2. The number of benzene rings is 7. The summed E-state index contributed by atoms with van der Waals surface area (Å²) in [5.41, 5.74) is 3.30. The first-order valence-corrected chi connectivity index (χ1v) is 13.2. The molecule has 0 fully saturated rings. The standard InChI is InChI=1S/C34H14N2O6/c37-33-19-7-3-1-5-15(19)23-13-25(35(39)40)31-29-17(9-11-21(33)27(23)29)18-10-12-22-28-24(14-26(36(41)42)32(31)30(18)28)16-6-2-4-8-20(16)34(22)38/h1-14H. The largest absolute Gasteiger partial charge is 0.289 e. The van der Waals surface area contributed by atoms with E-state index in [1.165, 1.54) is 12.1 Å². The van der Waals surface area contributed by atoms with E-state index < -0.39 is 9.85 Å². The molecule has 8 nitrogen and oxygen atoms in total. The smallest absolute Gasteiger partial charge is 0.278 e. The highest BCUT2D eigenvalue weighted by atomic mass is 16.6. The summed E-state index contributed by atoms with van der Waals surface area (Å²) in [6.45, 7) is 0. The Hall–Kier alpha value is -6.02. The maximum atomic E-state index is 13.7. The number of ketones is 2. The SMILES string of the molecule is O=C1c2ccccc2-c2cc([N+](=O)[O-])c3c4c([N+](=O)[O-])cc5c6c(ccc(c7ccc1c2c73)c64)C(=O)c1ccccc1-5. The fourth-order valence-electron chi connectivity index (χ4n) is 7.27. The fraction of sp³-hybridized carbons (Fsp3) is 0. The Kier molecular flexibility index (Phi) is 4.00. The van der Waals surface area contributed by atoms with E-state index in [-0.39, 0.29) is 33.7 Å². The van der Waals surface area contributed by atoms with Gasteiger partial charge in [-0.15, -0.1) is 0 Å². The lowest BCUT2D eigenvalue weighted by Gasteiger charge is -2.25. The summed E-state index contributed by atoms with van der Waals surface area (Å²) in [7, 11) is 0. The molecule has 0 radical (unpaired) electrons. The molecule has 9 rings (SSSR count). The number of hydrogen-bond donors (Lipinski definition) is 0. The van der Waals surface area contributed by atoms with Gasteiger partial charge in [-0.25, -0.2) is 0 Å². The summed E-state index contributed by atoms with van der Waals surface area (Å²) in [5.74, 6) is -0.422. The number of carbonyl (C=O) groups is 2. The molecule has 0 spiro atoms. The number of nitrogens with zero attached hydrogens (tertiary/aromatic N) is 2. The lowest BCUT2D eigenvalue weighted by molar-refractivity contribution is -0.384. The second-order valence-electron chi connectivity index (χ2n) is 10.7. The zero-order valence-corrected chi connectivity index (χ0v) is 21.4. The van der Waals surface area contributed by atoms with Gasteiger partial charge in [0.1, 0.15) is 0 Å². The van der Waals surface area contributed by atoms with Crippen molar-refractivity contribution in [2.75, 3.05) is 0 Å². The number of rotatable bonds is 2. The van der Waals surface area contributed by atoms with Crippen molar-refractivity contribution >= 4 is 66.0 Å². The summed E-state index contributed by atoms with van der Waals surface area (Å²) in [4.78, 5) is 51.8. The molecule has 0 unspecified atom stereocenters. The van der Waals surface area contributed by atoms with E-state index in [4.69, 9.17) is 0 Å². The summed E-state index contributed by atoms with van der Waals surface area (Å²) in [5, 5.41) is 28.9. The normalized spacial score (nSPS) is 13.2. The van der Waals surface area contributed by atoms with Crippen LogP contribution in [0.25, 0.3) is 65.3 Å². The highest BCUT2D eigenvalue weighted by molar-refractivity contribution is 6.43. The average molecular weight is 546 g/mol. The molecule has 0 saturated carbocycles. The van der Waals surface area contributed by atoms with Gasteiger partial charge < -0.3 is 0 Å². The molecule has 2 aliphatic rings. The molecule has 0 bridgehead atoms.